The molecule has 3 fully saturated rings. The molecule has 24 heavy (non-hydrogen) atoms. The van der Waals surface area contributed by atoms with Crippen molar-refractivity contribution in [3.8, 4) is 0 Å². The van der Waals surface area contributed by atoms with Crippen LogP contribution in [0.2, 0.25) is 0 Å². The number of fused-ring (bicyclic) bond motifs is 5. The fourth-order valence-electron chi connectivity index (χ4n) is 6.99. The fraction of sp³-hybridized carbons (Fsp3) is 0.800. The second kappa shape index (κ2) is 5.09. The zero-order chi connectivity index (χ0) is 17.3. The van der Waals surface area contributed by atoms with Gasteiger partial charge in [-0.2, -0.15) is 0 Å². The van der Waals surface area contributed by atoms with Gasteiger partial charge in [-0.3, -0.25) is 9.59 Å². The molecule has 1 aliphatic heterocycles. The number of carboxylic acid groups (broad SMARTS) is 1. The SMILES string of the molecule is CN1C(=O)CC[C@@]2(C)C1=CCC1C2CC[C@@]2(C)C1CC[C@@H]2C(=O)O. The number of nitrogens with zero attached hydrogens (tertiary/aromatic N) is 1. The molecule has 0 aromatic heterocycles. The predicted octanol–water partition coefficient (Wildman–Crippen LogP) is 3.68. The monoisotopic (exact) mass is 331 g/mol. The third-order valence-electron chi connectivity index (χ3n) is 8.32. The maximum Gasteiger partial charge on any atom is 0.307 e. The lowest BCUT2D eigenvalue weighted by Crippen LogP contribution is -2.53. The minimum atomic E-state index is -0.598. The normalized spacial score (nSPS) is 47.5. The lowest BCUT2D eigenvalue weighted by atomic mass is 9.49. The first kappa shape index (κ1) is 16.2. The van der Waals surface area contributed by atoms with E-state index in [2.05, 4.69) is 19.9 Å². The van der Waals surface area contributed by atoms with Crippen molar-refractivity contribution in [2.45, 2.75) is 58.8 Å². The van der Waals surface area contributed by atoms with Crippen LogP contribution in [0.25, 0.3) is 0 Å². The molecule has 4 nitrogen and oxygen atoms in total. The minimum Gasteiger partial charge on any atom is -0.481 e. The van der Waals surface area contributed by atoms with Crippen molar-refractivity contribution in [3.63, 3.8) is 0 Å². The lowest BCUT2D eigenvalue weighted by Gasteiger charge is -2.58. The second-order valence-electron chi connectivity index (χ2n) is 9.08. The van der Waals surface area contributed by atoms with Crippen LogP contribution in [0.15, 0.2) is 11.8 Å². The van der Waals surface area contributed by atoms with Crippen LogP contribution in [0.3, 0.4) is 0 Å². The summed E-state index contributed by atoms with van der Waals surface area (Å²) in [7, 11) is 1.93. The summed E-state index contributed by atoms with van der Waals surface area (Å²) in [6.07, 6.45) is 8.95. The Kier molecular flexibility index (Phi) is 3.43. The van der Waals surface area contributed by atoms with Crippen LogP contribution in [-0.4, -0.2) is 28.9 Å². The summed E-state index contributed by atoms with van der Waals surface area (Å²) in [5, 5.41) is 9.66. The molecule has 0 radical (unpaired) electrons. The molecule has 1 N–H and O–H groups in total. The summed E-state index contributed by atoms with van der Waals surface area (Å²) in [6.45, 7) is 4.59. The summed E-state index contributed by atoms with van der Waals surface area (Å²) in [6, 6.07) is 0. The highest BCUT2D eigenvalue weighted by Crippen LogP contribution is 2.65. The number of carbonyl (C=O) groups is 2. The molecule has 1 heterocycles. The number of hydrogen-bond donors (Lipinski definition) is 1. The van der Waals surface area contributed by atoms with E-state index in [1.807, 2.05) is 11.9 Å². The number of piperidine rings is 1. The van der Waals surface area contributed by atoms with Gasteiger partial charge in [-0.15, -0.1) is 0 Å². The maximum atomic E-state index is 12.1. The van der Waals surface area contributed by atoms with Gasteiger partial charge < -0.3 is 10.0 Å². The Labute approximate surface area is 144 Å². The highest BCUT2D eigenvalue weighted by Gasteiger charge is 2.60. The Morgan fingerprint density at radius 1 is 1.21 bits per heavy atom. The van der Waals surface area contributed by atoms with Crippen LogP contribution in [0.5, 0.6) is 0 Å². The van der Waals surface area contributed by atoms with Crippen molar-refractivity contribution >= 4 is 11.9 Å². The maximum absolute atomic E-state index is 12.1. The van der Waals surface area contributed by atoms with Crippen LogP contribution in [-0.2, 0) is 9.59 Å². The summed E-state index contributed by atoms with van der Waals surface area (Å²) in [5.74, 6) is 1.18. The van der Waals surface area contributed by atoms with E-state index in [0.29, 0.717) is 24.2 Å². The summed E-state index contributed by atoms with van der Waals surface area (Å²) >= 11 is 0. The Hall–Kier alpha value is -1.32. The van der Waals surface area contributed by atoms with E-state index in [1.165, 1.54) is 5.70 Å². The van der Waals surface area contributed by atoms with Crippen LogP contribution in [0.4, 0.5) is 0 Å². The zero-order valence-corrected chi connectivity index (χ0v) is 15.0. The number of carbonyl (C=O) groups excluding carboxylic acids is 1. The van der Waals surface area contributed by atoms with Gasteiger partial charge in [-0.05, 0) is 61.7 Å². The molecule has 3 unspecified atom stereocenters. The third-order valence-corrected chi connectivity index (χ3v) is 8.32. The average molecular weight is 331 g/mol. The number of amides is 1. The van der Waals surface area contributed by atoms with E-state index in [4.69, 9.17) is 0 Å². The number of hydrogen-bond acceptors (Lipinski definition) is 2. The fourth-order valence-corrected chi connectivity index (χ4v) is 6.99. The molecule has 2 saturated carbocycles. The first-order chi connectivity index (χ1) is 11.3. The van der Waals surface area contributed by atoms with Gasteiger partial charge in [0.15, 0.2) is 0 Å². The van der Waals surface area contributed by atoms with Crippen LogP contribution in [0, 0.1) is 34.5 Å². The average Bonchev–Trinajstić information content (AvgIpc) is 2.89. The van der Waals surface area contributed by atoms with Crippen molar-refractivity contribution in [2.75, 3.05) is 7.05 Å². The molecule has 4 heteroatoms. The van der Waals surface area contributed by atoms with Crippen molar-refractivity contribution in [3.05, 3.63) is 11.8 Å². The van der Waals surface area contributed by atoms with Crippen LogP contribution >= 0.6 is 0 Å². The van der Waals surface area contributed by atoms with Crippen molar-refractivity contribution in [2.24, 2.45) is 34.5 Å². The van der Waals surface area contributed by atoms with Gasteiger partial charge in [0.1, 0.15) is 0 Å². The van der Waals surface area contributed by atoms with Crippen molar-refractivity contribution < 1.29 is 14.7 Å². The zero-order valence-electron chi connectivity index (χ0n) is 15.0. The summed E-state index contributed by atoms with van der Waals surface area (Å²) < 4.78 is 0. The van der Waals surface area contributed by atoms with E-state index in [-0.39, 0.29) is 22.7 Å². The van der Waals surface area contributed by atoms with Gasteiger partial charge >= 0.3 is 5.97 Å². The van der Waals surface area contributed by atoms with Crippen LogP contribution < -0.4 is 0 Å². The van der Waals surface area contributed by atoms with Gasteiger partial charge in [-0.1, -0.05) is 19.9 Å². The Bertz CT molecular complexity index is 626. The van der Waals surface area contributed by atoms with Gasteiger partial charge in [0.25, 0.3) is 0 Å². The molecular weight excluding hydrogens is 302 g/mol. The molecule has 0 aromatic rings. The Balaban J connectivity index is 1.69. The van der Waals surface area contributed by atoms with Crippen LogP contribution in [0.1, 0.15) is 58.8 Å². The molecular formula is C20H29NO3. The Morgan fingerprint density at radius 2 is 1.96 bits per heavy atom. The Morgan fingerprint density at radius 3 is 2.67 bits per heavy atom. The van der Waals surface area contributed by atoms with E-state index in [0.717, 1.165) is 38.5 Å². The first-order valence-electron chi connectivity index (χ1n) is 9.49. The third kappa shape index (κ3) is 1.91. The predicted molar refractivity (Wildman–Crippen MR) is 91.0 cm³/mol. The molecule has 3 aliphatic carbocycles. The molecule has 0 bridgehead atoms. The topological polar surface area (TPSA) is 57.6 Å². The quantitative estimate of drug-likeness (QED) is 0.797. The van der Waals surface area contributed by atoms with Crippen molar-refractivity contribution in [1.29, 1.82) is 0 Å². The van der Waals surface area contributed by atoms with E-state index >= 15 is 0 Å². The largest absolute Gasteiger partial charge is 0.481 e. The number of rotatable bonds is 1. The highest BCUT2D eigenvalue weighted by atomic mass is 16.4. The molecule has 6 atom stereocenters. The van der Waals surface area contributed by atoms with E-state index < -0.39 is 5.97 Å². The first-order valence-corrected chi connectivity index (χ1v) is 9.49. The smallest absolute Gasteiger partial charge is 0.307 e. The van der Waals surface area contributed by atoms with Crippen molar-refractivity contribution in [1.82, 2.24) is 4.90 Å². The van der Waals surface area contributed by atoms with E-state index in [9.17, 15) is 14.7 Å². The lowest BCUT2D eigenvalue weighted by molar-refractivity contribution is -0.150. The number of likely N-dealkylation sites (tertiary alicyclic amines) is 1. The minimum absolute atomic E-state index is 0.0366. The standard InChI is InChI=1S/C20H29NO3/c1-19-10-8-14-12(13(19)5-6-15(19)18(23)24)4-7-16-20(14,2)11-9-17(22)21(16)3/h7,12-15H,4-6,8-11H2,1-3H3,(H,23,24)/t12?,13?,14?,15-,19+,20-/m1/s1. The summed E-state index contributed by atoms with van der Waals surface area (Å²) in [4.78, 5) is 25.7. The van der Waals surface area contributed by atoms with Gasteiger partial charge in [0.2, 0.25) is 5.91 Å². The molecule has 132 valence electrons. The van der Waals surface area contributed by atoms with Gasteiger partial charge in [0.05, 0.1) is 5.92 Å². The molecule has 4 rings (SSSR count). The molecule has 1 amide bonds. The number of allylic oxidation sites excluding steroid dienone is 2. The molecule has 0 spiro atoms. The summed E-state index contributed by atoms with van der Waals surface area (Å²) in [5.41, 5.74) is 1.29. The second-order valence-corrected chi connectivity index (χ2v) is 9.08. The number of carboxylic acids is 1. The molecule has 0 aromatic carbocycles. The van der Waals surface area contributed by atoms with E-state index in [1.54, 1.807) is 0 Å². The van der Waals surface area contributed by atoms with Gasteiger partial charge in [-0.25, -0.2) is 0 Å². The molecule has 4 aliphatic rings. The number of aliphatic carboxylic acids is 1. The van der Waals surface area contributed by atoms with Gasteiger partial charge in [0, 0.05) is 24.6 Å². The molecule has 1 saturated heterocycles. The highest BCUT2D eigenvalue weighted by molar-refractivity contribution is 5.79.